The summed E-state index contributed by atoms with van der Waals surface area (Å²) < 4.78 is 11.5. The minimum atomic E-state index is -0.405. The van der Waals surface area contributed by atoms with E-state index < -0.39 is 5.91 Å². The van der Waals surface area contributed by atoms with Crippen molar-refractivity contribution in [1.82, 2.24) is 5.43 Å². The maximum absolute atomic E-state index is 11.5. The molecule has 1 rings (SSSR count). The third-order valence-corrected chi connectivity index (χ3v) is 2.72. The van der Waals surface area contributed by atoms with Crippen molar-refractivity contribution in [2.45, 2.75) is 6.92 Å². The molecular weight excluding hydrogens is 300 g/mol. The highest BCUT2D eigenvalue weighted by molar-refractivity contribution is 9.10. The van der Waals surface area contributed by atoms with E-state index in [1.807, 2.05) is 6.92 Å². The number of carbonyl (C=O) groups excluding carboxylic acids is 1. The summed E-state index contributed by atoms with van der Waals surface area (Å²) in [5.74, 6) is 5.73. The Morgan fingerprint density at radius 1 is 1.50 bits per heavy atom. The fourth-order valence-electron chi connectivity index (χ4n) is 1.32. The van der Waals surface area contributed by atoms with E-state index in [1.54, 1.807) is 18.2 Å². The molecule has 98 valence electrons. The number of amides is 1. The zero-order valence-electron chi connectivity index (χ0n) is 10.0. The van der Waals surface area contributed by atoms with Crippen LogP contribution in [0.5, 0.6) is 11.5 Å². The molecule has 18 heavy (non-hydrogen) atoms. The van der Waals surface area contributed by atoms with Crippen LogP contribution in [-0.4, -0.2) is 19.1 Å². The monoisotopic (exact) mass is 314 g/mol. The third-order valence-electron chi connectivity index (χ3n) is 2.07. The van der Waals surface area contributed by atoms with E-state index in [-0.39, 0.29) is 0 Å². The highest BCUT2D eigenvalue weighted by Gasteiger charge is 2.15. The Hall–Kier alpha value is -1.53. The molecule has 1 amide bonds. The number of nitrogens with one attached hydrogen (secondary N) is 1. The molecule has 5 nitrogen and oxygen atoms in total. The lowest BCUT2D eigenvalue weighted by Crippen LogP contribution is -2.30. The molecule has 0 aromatic heterocycles. The van der Waals surface area contributed by atoms with Crippen LogP contribution in [0, 0.1) is 0 Å². The van der Waals surface area contributed by atoms with Gasteiger partial charge in [0, 0.05) is 4.47 Å². The van der Waals surface area contributed by atoms with Gasteiger partial charge in [0.25, 0.3) is 5.91 Å². The van der Waals surface area contributed by atoms with Crippen molar-refractivity contribution in [3.8, 4) is 11.5 Å². The Bertz CT molecular complexity index is 449. The van der Waals surface area contributed by atoms with E-state index in [0.29, 0.717) is 34.7 Å². The summed E-state index contributed by atoms with van der Waals surface area (Å²) in [5, 5.41) is 0. The van der Waals surface area contributed by atoms with Gasteiger partial charge in [-0.05, 0) is 35.0 Å². The van der Waals surface area contributed by atoms with Crippen LogP contribution in [0.3, 0.4) is 0 Å². The number of ether oxygens (including phenoxy) is 2. The van der Waals surface area contributed by atoms with Crippen LogP contribution in [0.15, 0.2) is 29.3 Å². The second-order valence-corrected chi connectivity index (χ2v) is 4.14. The Morgan fingerprint density at radius 2 is 2.17 bits per heavy atom. The Morgan fingerprint density at radius 3 is 2.72 bits per heavy atom. The van der Waals surface area contributed by atoms with Gasteiger partial charge in [0.05, 0.1) is 12.2 Å². The quantitative estimate of drug-likeness (QED) is 0.364. The number of halogens is 1. The molecule has 0 spiro atoms. The number of nitrogen functional groups attached to an aromatic ring is 1. The van der Waals surface area contributed by atoms with Crippen LogP contribution in [-0.2, 0) is 0 Å². The summed E-state index contributed by atoms with van der Waals surface area (Å²) in [5.41, 5.74) is 2.45. The molecule has 0 unspecified atom stereocenters. The average molecular weight is 315 g/mol. The maximum atomic E-state index is 11.5. The van der Waals surface area contributed by atoms with Crippen LogP contribution >= 0.6 is 15.9 Å². The number of hydrazine groups is 1. The first-order valence-electron chi connectivity index (χ1n) is 5.35. The molecule has 0 radical (unpaired) electrons. The number of nitrogens with two attached hydrogens (primary N) is 1. The number of benzene rings is 1. The van der Waals surface area contributed by atoms with E-state index in [0.717, 1.165) is 0 Å². The molecule has 0 fully saturated rings. The number of rotatable bonds is 6. The molecule has 0 aliphatic heterocycles. The molecule has 1 aromatic rings. The van der Waals surface area contributed by atoms with Crippen molar-refractivity contribution >= 4 is 21.8 Å². The van der Waals surface area contributed by atoms with Crippen molar-refractivity contribution in [1.29, 1.82) is 0 Å². The van der Waals surface area contributed by atoms with Crippen molar-refractivity contribution < 1.29 is 14.3 Å². The molecular formula is C12H15BrN2O3. The summed E-state index contributed by atoms with van der Waals surface area (Å²) >= 11 is 3.29. The van der Waals surface area contributed by atoms with Gasteiger partial charge in [0.2, 0.25) is 0 Å². The van der Waals surface area contributed by atoms with Crippen LogP contribution in [0.4, 0.5) is 0 Å². The Kier molecular flexibility index (Phi) is 5.67. The molecule has 0 bridgehead atoms. The molecule has 0 aliphatic rings. The van der Waals surface area contributed by atoms with Gasteiger partial charge in [0.15, 0.2) is 11.5 Å². The van der Waals surface area contributed by atoms with Gasteiger partial charge in [-0.15, -0.1) is 0 Å². The fraction of sp³-hybridized carbons (Fsp3) is 0.250. The van der Waals surface area contributed by atoms with Crippen molar-refractivity contribution in [3.05, 3.63) is 34.8 Å². The van der Waals surface area contributed by atoms with Crippen LogP contribution in [0.25, 0.3) is 0 Å². The number of hydrogen-bond donors (Lipinski definition) is 2. The molecule has 0 atom stereocenters. The maximum Gasteiger partial charge on any atom is 0.266 e. The molecule has 0 saturated carbocycles. The van der Waals surface area contributed by atoms with E-state index in [2.05, 4.69) is 27.9 Å². The van der Waals surface area contributed by atoms with E-state index in [9.17, 15) is 4.79 Å². The summed E-state index contributed by atoms with van der Waals surface area (Å²) in [4.78, 5) is 11.5. The SMILES string of the molecule is C=CCOc1cc(Br)c(C(=O)NN)cc1OCC. The highest BCUT2D eigenvalue weighted by Crippen LogP contribution is 2.33. The summed E-state index contributed by atoms with van der Waals surface area (Å²) in [7, 11) is 0. The molecule has 0 saturated heterocycles. The summed E-state index contributed by atoms with van der Waals surface area (Å²) in [6.07, 6.45) is 1.63. The predicted octanol–water partition coefficient (Wildman–Crippen LogP) is 2.02. The number of carbonyl (C=O) groups is 1. The van der Waals surface area contributed by atoms with Crippen LogP contribution in [0.2, 0.25) is 0 Å². The van der Waals surface area contributed by atoms with Gasteiger partial charge in [-0.25, -0.2) is 5.84 Å². The van der Waals surface area contributed by atoms with Gasteiger partial charge < -0.3 is 9.47 Å². The zero-order valence-corrected chi connectivity index (χ0v) is 11.6. The van der Waals surface area contributed by atoms with E-state index in [1.165, 1.54) is 0 Å². The fourth-order valence-corrected chi connectivity index (χ4v) is 1.82. The highest BCUT2D eigenvalue weighted by atomic mass is 79.9. The van der Waals surface area contributed by atoms with E-state index >= 15 is 0 Å². The molecule has 6 heteroatoms. The minimum Gasteiger partial charge on any atom is -0.490 e. The first-order valence-corrected chi connectivity index (χ1v) is 6.14. The van der Waals surface area contributed by atoms with Gasteiger partial charge in [0.1, 0.15) is 6.61 Å². The Balaban J connectivity index is 3.15. The number of hydrogen-bond acceptors (Lipinski definition) is 4. The average Bonchev–Trinajstić information content (AvgIpc) is 2.38. The summed E-state index contributed by atoms with van der Waals surface area (Å²) in [6, 6.07) is 3.24. The van der Waals surface area contributed by atoms with Crippen LogP contribution < -0.4 is 20.7 Å². The third kappa shape index (κ3) is 3.48. The smallest absolute Gasteiger partial charge is 0.266 e. The van der Waals surface area contributed by atoms with Crippen molar-refractivity contribution in [2.24, 2.45) is 5.84 Å². The largest absolute Gasteiger partial charge is 0.490 e. The standard InChI is InChI=1S/C12H15BrN2O3/c1-3-5-18-11-7-9(13)8(12(16)15-14)6-10(11)17-4-2/h3,6-7H,1,4-5,14H2,2H3,(H,15,16). The second-order valence-electron chi connectivity index (χ2n) is 3.28. The molecule has 0 aliphatic carbocycles. The van der Waals surface area contributed by atoms with Crippen LogP contribution in [0.1, 0.15) is 17.3 Å². The van der Waals surface area contributed by atoms with Crippen molar-refractivity contribution in [2.75, 3.05) is 13.2 Å². The summed E-state index contributed by atoms with van der Waals surface area (Å²) in [6.45, 7) is 6.25. The van der Waals surface area contributed by atoms with E-state index in [4.69, 9.17) is 15.3 Å². The van der Waals surface area contributed by atoms with Gasteiger partial charge in [-0.3, -0.25) is 10.2 Å². The lowest BCUT2D eigenvalue weighted by molar-refractivity contribution is 0.0952. The first-order chi connectivity index (χ1) is 8.63. The van der Waals surface area contributed by atoms with Gasteiger partial charge in [-0.2, -0.15) is 0 Å². The van der Waals surface area contributed by atoms with Crippen molar-refractivity contribution in [3.63, 3.8) is 0 Å². The lowest BCUT2D eigenvalue weighted by atomic mass is 10.2. The normalized spacial score (nSPS) is 9.72. The molecule has 1 aromatic carbocycles. The second kappa shape index (κ2) is 7.03. The van der Waals surface area contributed by atoms with Gasteiger partial charge in [-0.1, -0.05) is 12.7 Å². The molecule has 3 N–H and O–H groups in total. The lowest BCUT2D eigenvalue weighted by Gasteiger charge is -2.13. The minimum absolute atomic E-state index is 0.356. The first kappa shape index (κ1) is 14.5. The topological polar surface area (TPSA) is 73.6 Å². The zero-order chi connectivity index (χ0) is 13.5. The Labute approximate surface area is 114 Å². The predicted molar refractivity (Wildman–Crippen MR) is 72.7 cm³/mol. The van der Waals surface area contributed by atoms with Gasteiger partial charge >= 0.3 is 0 Å². The molecule has 0 heterocycles.